The van der Waals surface area contributed by atoms with Gasteiger partial charge in [0.2, 0.25) is 17.7 Å². The van der Waals surface area contributed by atoms with Crippen molar-refractivity contribution in [2.75, 3.05) is 16.4 Å². The maximum atomic E-state index is 12.1. The molecule has 2 aromatic carbocycles. The highest BCUT2D eigenvalue weighted by atomic mass is 35.5. The summed E-state index contributed by atoms with van der Waals surface area (Å²) in [6, 6.07) is 11.8. The van der Waals surface area contributed by atoms with Gasteiger partial charge >= 0.3 is 0 Å². The molecule has 3 aromatic rings. The first-order valence-electron chi connectivity index (χ1n) is 7.99. The molecule has 3 rings (SSSR count). The van der Waals surface area contributed by atoms with Crippen molar-refractivity contribution in [3.63, 3.8) is 0 Å². The monoisotopic (exact) mass is 436 g/mol. The number of carbonyl (C=O) groups is 2. The molecule has 0 aliphatic carbocycles. The van der Waals surface area contributed by atoms with Gasteiger partial charge in [-0.25, -0.2) is 0 Å². The molecule has 28 heavy (non-hydrogen) atoms. The molecule has 10 heteroatoms. The van der Waals surface area contributed by atoms with Crippen molar-refractivity contribution in [1.29, 1.82) is 0 Å². The predicted molar refractivity (Wildman–Crippen MR) is 110 cm³/mol. The van der Waals surface area contributed by atoms with Gasteiger partial charge in [-0.15, -0.1) is 10.2 Å². The van der Waals surface area contributed by atoms with Gasteiger partial charge in [0.05, 0.1) is 5.75 Å². The number of aromatic nitrogens is 2. The lowest BCUT2D eigenvalue weighted by molar-refractivity contribution is -0.114. The number of amides is 2. The smallest absolute Gasteiger partial charge is 0.277 e. The molecule has 0 spiro atoms. The molecule has 1 aromatic heterocycles. The Morgan fingerprint density at radius 3 is 2.50 bits per heavy atom. The van der Waals surface area contributed by atoms with Gasteiger partial charge in [0, 0.05) is 33.9 Å². The highest BCUT2D eigenvalue weighted by Gasteiger charge is 2.12. The second-order valence-corrected chi connectivity index (χ2v) is 7.43. The van der Waals surface area contributed by atoms with E-state index in [4.69, 9.17) is 27.6 Å². The van der Waals surface area contributed by atoms with Gasteiger partial charge in [0.1, 0.15) is 0 Å². The lowest BCUT2D eigenvalue weighted by Crippen LogP contribution is -2.13. The first-order chi connectivity index (χ1) is 13.4. The Labute approximate surface area is 174 Å². The number of rotatable bonds is 6. The average molecular weight is 437 g/mol. The Bertz CT molecular complexity index is 1010. The number of hydrogen-bond acceptors (Lipinski definition) is 6. The van der Waals surface area contributed by atoms with Crippen LogP contribution in [0.3, 0.4) is 0 Å². The summed E-state index contributed by atoms with van der Waals surface area (Å²) in [5, 5.41) is 14.4. The number of thioether (sulfide) groups is 1. The average Bonchev–Trinajstić information content (AvgIpc) is 3.08. The standard InChI is InChI=1S/C18H14Cl2N4O3S/c1-10(25)21-14-4-2-3-11(5-14)17-23-24-18(27-17)28-9-16(26)22-15-7-12(19)6-13(20)8-15/h2-8H,9H2,1H3,(H,21,25)(H,22,26). The zero-order valence-electron chi connectivity index (χ0n) is 14.5. The molecule has 0 saturated carbocycles. The highest BCUT2D eigenvalue weighted by Crippen LogP contribution is 2.26. The summed E-state index contributed by atoms with van der Waals surface area (Å²) in [6.07, 6.45) is 0. The third-order valence-electron chi connectivity index (χ3n) is 3.31. The third-order valence-corrected chi connectivity index (χ3v) is 4.56. The van der Waals surface area contributed by atoms with Crippen molar-refractivity contribution >= 4 is 58.2 Å². The quantitative estimate of drug-likeness (QED) is 0.541. The summed E-state index contributed by atoms with van der Waals surface area (Å²) in [5.41, 5.74) is 1.78. The van der Waals surface area contributed by atoms with Crippen LogP contribution in [0, 0.1) is 0 Å². The van der Waals surface area contributed by atoms with Crippen LogP contribution in [-0.2, 0) is 9.59 Å². The number of benzene rings is 2. The molecule has 0 radical (unpaired) electrons. The minimum atomic E-state index is -0.268. The Morgan fingerprint density at radius 2 is 1.79 bits per heavy atom. The van der Waals surface area contributed by atoms with E-state index in [1.807, 2.05) is 0 Å². The number of nitrogens with one attached hydrogen (secondary N) is 2. The maximum absolute atomic E-state index is 12.1. The van der Waals surface area contributed by atoms with Gasteiger partial charge in [0.15, 0.2) is 0 Å². The van der Waals surface area contributed by atoms with Crippen LogP contribution in [0.25, 0.3) is 11.5 Å². The Hall–Kier alpha value is -2.55. The van der Waals surface area contributed by atoms with E-state index in [1.165, 1.54) is 6.92 Å². The molecule has 2 N–H and O–H groups in total. The summed E-state index contributed by atoms with van der Waals surface area (Å²) in [4.78, 5) is 23.2. The van der Waals surface area contributed by atoms with E-state index < -0.39 is 0 Å². The van der Waals surface area contributed by atoms with Crippen molar-refractivity contribution in [3.8, 4) is 11.5 Å². The third kappa shape index (κ3) is 5.72. The van der Waals surface area contributed by atoms with Crippen molar-refractivity contribution < 1.29 is 14.0 Å². The van der Waals surface area contributed by atoms with Gasteiger partial charge in [-0.05, 0) is 36.4 Å². The molecule has 0 unspecified atom stereocenters. The second-order valence-electron chi connectivity index (χ2n) is 5.63. The van der Waals surface area contributed by atoms with Gasteiger partial charge < -0.3 is 15.1 Å². The maximum Gasteiger partial charge on any atom is 0.277 e. The van der Waals surface area contributed by atoms with Gasteiger partial charge in [-0.3, -0.25) is 9.59 Å². The Balaban J connectivity index is 1.60. The molecule has 2 amide bonds. The molecule has 0 aliphatic rings. The fourth-order valence-electron chi connectivity index (χ4n) is 2.27. The van der Waals surface area contributed by atoms with E-state index in [0.717, 1.165) is 11.8 Å². The molecule has 0 fully saturated rings. The molecular weight excluding hydrogens is 423 g/mol. The minimum Gasteiger partial charge on any atom is -0.411 e. The zero-order valence-corrected chi connectivity index (χ0v) is 16.9. The molecule has 1 heterocycles. The zero-order chi connectivity index (χ0) is 20.1. The highest BCUT2D eigenvalue weighted by molar-refractivity contribution is 7.99. The number of halogens is 2. The van der Waals surface area contributed by atoms with E-state index in [2.05, 4.69) is 20.8 Å². The van der Waals surface area contributed by atoms with Gasteiger partial charge in [0.25, 0.3) is 5.22 Å². The van der Waals surface area contributed by atoms with Crippen molar-refractivity contribution in [2.45, 2.75) is 12.1 Å². The SMILES string of the molecule is CC(=O)Nc1cccc(-c2nnc(SCC(=O)Nc3cc(Cl)cc(Cl)c3)o2)c1. The van der Waals surface area contributed by atoms with Crippen LogP contribution in [0.5, 0.6) is 0 Å². The number of carbonyl (C=O) groups excluding carboxylic acids is 2. The fourth-order valence-corrected chi connectivity index (χ4v) is 3.36. The van der Waals surface area contributed by atoms with E-state index in [0.29, 0.717) is 27.0 Å². The van der Waals surface area contributed by atoms with Crippen LogP contribution in [0.15, 0.2) is 52.1 Å². The van der Waals surface area contributed by atoms with Gasteiger partial charge in [-0.1, -0.05) is 41.0 Å². The van der Waals surface area contributed by atoms with E-state index in [9.17, 15) is 9.59 Å². The molecule has 7 nitrogen and oxygen atoms in total. The fraction of sp³-hybridized carbons (Fsp3) is 0.111. The minimum absolute atomic E-state index is 0.0672. The van der Waals surface area contributed by atoms with E-state index >= 15 is 0 Å². The van der Waals surface area contributed by atoms with Crippen LogP contribution in [0.2, 0.25) is 10.0 Å². The first kappa shape index (κ1) is 20.2. The van der Waals surface area contributed by atoms with Gasteiger partial charge in [-0.2, -0.15) is 0 Å². The Morgan fingerprint density at radius 1 is 1.04 bits per heavy atom. The van der Waals surface area contributed by atoms with Crippen LogP contribution in [0.4, 0.5) is 11.4 Å². The molecular formula is C18H14Cl2N4O3S. The molecule has 0 bridgehead atoms. The largest absolute Gasteiger partial charge is 0.411 e. The summed E-state index contributed by atoms with van der Waals surface area (Å²) in [6.45, 7) is 1.43. The van der Waals surface area contributed by atoms with Crippen LogP contribution in [-0.4, -0.2) is 27.8 Å². The lowest BCUT2D eigenvalue weighted by Gasteiger charge is -2.05. The normalized spacial score (nSPS) is 10.5. The summed E-state index contributed by atoms with van der Waals surface area (Å²) in [7, 11) is 0. The van der Waals surface area contributed by atoms with Crippen molar-refractivity contribution in [2.24, 2.45) is 0 Å². The summed E-state index contributed by atoms with van der Waals surface area (Å²) >= 11 is 12.9. The Kier molecular flexibility index (Phi) is 6.56. The predicted octanol–water partition coefficient (Wildman–Crippen LogP) is 4.73. The van der Waals surface area contributed by atoms with Crippen LogP contribution >= 0.6 is 35.0 Å². The van der Waals surface area contributed by atoms with E-state index in [-0.39, 0.29) is 28.7 Å². The number of hydrogen-bond donors (Lipinski definition) is 2. The number of anilines is 2. The summed E-state index contributed by atoms with van der Waals surface area (Å²) in [5.74, 6) is -0.0871. The first-order valence-corrected chi connectivity index (χ1v) is 9.73. The van der Waals surface area contributed by atoms with Crippen molar-refractivity contribution in [3.05, 3.63) is 52.5 Å². The van der Waals surface area contributed by atoms with Crippen molar-refractivity contribution in [1.82, 2.24) is 10.2 Å². The molecule has 0 atom stereocenters. The topological polar surface area (TPSA) is 97.1 Å². The number of nitrogens with zero attached hydrogens (tertiary/aromatic N) is 2. The molecule has 0 saturated heterocycles. The van der Waals surface area contributed by atoms with Crippen LogP contribution < -0.4 is 10.6 Å². The second kappa shape index (κ2) is 9.09. The molecule has 0 aliphatic heterocycles. The van der Waals surface area contributed by atoms with Crippen LogP contribution in [0.1, 0.15) is 6.92 Å². The lowest BCUT2D eigenvalue weighted by atomic mass is 10.2. The van der Waals surface area contributed by atoms with E-state index in [1.54, 1.807) is 42.5 Å². The summed E-state index contributed by atoms with van der Waals surface area (Å²) < 4.78 is 5.57. The molecule has 144 valence electrons.